The Kier molecular flexibility index (Phi) is 6.27. The molecule has 3 aliphatic rings. The van der Waals surface area contributed by atoms with E-state index in [-0.39, 0.29) is 17.9 Å². The first-order valence-corrected chi connectivity index (χ1v) is 10.6. The van der Waals surface area contributed by atoms with Crippen molar-refractivity contribution in [3.05, 3.63) is 35.4 Å². The number of amides is 2. The number of rotatable bonds is 4. The van der Waals surface area contributed by atoms with E-state index in [2.05, 4.69) is 12.1 Å². The van der Waals surface area contributed by atoms with Gasteiger partial charge in [-0.25, -0.2) is 0 Å². The van der Waals surface area contributed by atoms with E-state index < -0.39 is 0 Å². The Bertz CT molecular complexity index is 670. The van der Waals surface area contributed by atoms with Crippen LogP contribution in [-0.2, 0) is 20.7 Å². The van der Waals surface area contributed by atoms with Crippen molar-refractivity contribution in [3.63, 3.8) is 0 Å². The van der Waals surface area contributed by atoms with Crippen LogP contribution >= 0.6 is 0 Å². The smallest absolute Gasteiger partial charge is 0.254 e. The number of morpholine rings is 1. The molecular formula is C22H30N2O4. The number of piperidine rings is 1. The molecule has 3 saturated heterocycles. The molecule has 0 spiro atoms. The predicted octanol–water partition coefficient (Wildman–Crippen LogP) is 2.12. The fourth-order valence-electron chi connectivity index (χ4n) is 4.40. The summed E-state index contributed by atoms with van der Waals surface area (Å²) in [6.45, 7) is 4.97. The van der Waals surface area contributed by atoms with Gasteiger partial charge in [0.15, 0.2) is 0 Å². The van der Waals surface area contributed by atoms with Gasteiger partial charge in [0, 0.05) is 38.3 Å². The fourth-order valence-corrected chi connectivity index (χ4v) is 4.40. The van der Waals surface area contributed by atoms with Gasteiger partial charge in [-0.05, 0) is 55.7 Å². The summed E-state index contributed by atoms with van der Waals surface area (Å²) < 4.78 is 10.9. The molecule has 152 valence electrons. The minimum Gasteiger partial charge on any atom is -0.378 e. The summed E-state index contributed by atoms with van der Waals surface area (Å²) in [6, 6.07) is 8.06. The van der Waals surface area contributed by atoms with Gasteiger partial charge < -0.3 is 19.3 Å². The van der Waals surface area contributed by atoms with Crippen molar-refractivity contribution in [2.75, 3.05) is 46.0 Å². The number of likely N-dealkylation sites (tertiary alicyclic amines) is 1. The maximum Gasteiger partial charge on any atom is 0.254 e. The number of nitrogens with zero attached hydrogens (tertiary/aromatic N) is 2. The molecule has 28 heavy (non-hydrogen) atoms. The Labute approximate surface area is 166 Å². The number of ether oxygens (including phenoxy) is 2. The maximum absolute atomic E-state index is 12.5. The summed E-state index contributed by atoms with van der Waals surface area (Å²) in [7, 11) is 0. The zero-order valence-electron chi connectivity index (χ0n) is 16.5. The minimum absolute atomic E-state index is 0.0933. The summed E-state index contributed by atoms with van der Waals surface area (Å²) >= 11 is 0. The fraction of sp³-hybridized carbons (Fsp3) is 0.636. The van der Waals surface area contributed by atoms with Gasteiger partial charge in [0.2, 0.25) is 0 Å². The average molecular weight is 386 g/mol. The number of carbonyl (C=O) groups is 2. The van der Waals surface area contributed by atoms with E-state index in [1.54, 1.807) is 0 Å². The summed E-state index contributed by atoms with van der Waals surface area (Å²) in [4.78, 5) is 28.8. The van der Waals surface area contributed by atoms with E-state index in [4.69, 9.17) is 9.47 Å². The number of benzene rings is 1. The van der Waals surface area contributed by atoms with Gasteiger partial charge in [0.1, 0.15) is 6.10 Å². The number of carbonyl (C=O) groups excluding carboxylic acids is 2. The molecule has 3 aliphatic heterocycles. The lowest BCUT2D eigenvalue weighted by Gasteiger charge is -2.33. The molecule has 2 amide bonds. The van der Waals surface area contributed by atoms with Gasteiger partial charge in [0.25, 0.3) is 11.8 Å². The van der Waals surface area contributed by atoms with Crippen molar-refractivity contribution >= 4 is 11.8 Å². The Morgan fingerprint density at radius 2 is 1.61 bits per heavy atom. The second-order valence-corrected chi connectivity index (χ2v) is 8.08. The highest BCUT2D eigenvalue weighted by Gasteiger charge is 2.30. The van der Waals surface area contributed by atoms with Crippen LogP contribution in [0.25, 0.3) is 0 Å². The molecule has 1 aromatic carbocycles. The van der Waals surface area contributed by atoms with Gasteiger partial charge in [0.05, 0.1) is 13.2 Å². The summed E-state index contributed by atoms with van der Waals surface area (Å²) in [6.07, 6.45) is 4.74. The van der Waals surface area contributed by atoms with Crippen LogP contribution in [0.1, 0.15) is 41.6 Å². The zero-order chi connectivity index (χ0) is 19.3. The van der Waals surface area contributed by atoms with E-state index >= 15 is 0 Å². The summed E-state index contributed by atoms with van der Waals surface area (Å²) in [5.41, 5.74) is 2.02. The molecule has 6 nitrogen and oxygen atoms in total. The topological polar surface area (TPSA) is 59.1 Å². The van der Waals surface area contributed by atoms with Crippen molar-refractivity contribution in [1.82, 2.24) is 9.80 Å². The first kappa shape index (κ1) is 19.4. The van der Waals surface area contributed by atoms with Crippen molar-refractivity contribution in [3.8, 4) is 0 Å². The minimum atomic E-state index is -0.201. The van der Waals surface area contributed by atoms with Gasteiger partial charge in [-0.2, -0.15) is 0 Å². The molecule has 0 aliphatic carbocycles. The van der Waals surface area contributed by atoms with E-state index in [0.717, 1.165) is 57.4 Å². The van der Waals surface area contributed by atoms with E-state index in [1.165, 1.54) is 5.56 Å². The second-order valence-electron chi connectivity index (χ2n) is 8.08. The number of hydrogen-bond donors (Lipinski definition) is 0. The van der Waals surface area contributed by atoms with Crippen molar-refractivity contribution in [1.29, 1.82) is 0 Å². The standard InChI is InChI=1S/C22H30N2O4/c25-21(24-11-14-27-15-12-24)19-5-3-17(4-6-19)16-18-7-9-23(10-8-18)22(26)20-2-1-13-28-20/h3-6,18,20H,1-2,7-16H2. The van der Waals surface area contributed by atoms with Crippen molar-refractivity contribution < 1.29 is 19.1 Å². The SMILES string of the molecule is O=C(c1ccc(CC2CCN(C(=O)C3CCCO3)CC2)cc1)N1CCOCC1. The number of hydrogen-bond acceptors (Lipinski definition) is 4. The molecule has 0 N–H and O–H groups in total. The highest BCUT2D eigenvalue weighted by atomic mass is 16.5. The average Bonchev–Trinajstić information content (AvgIpc) is 3.29. The van der Waals surface area contributed by atoms with Crippen LogP contribution in [0.4, 0.5) is 0 Å². The van der Waals surface area contributed by atoms with E-state index in [1.807, 2.05) is 21.9 Å². The first-order valence-electron chi connectivity index (χ1n) is 10.6. The van der Waals surface area contributed by atoms with Gasteiger partial charge in [-0.15, -0.1) is 0 Å². The summed E-state index contributed by atoms with van der Waals surface area (Å²) in [5.74, 6) is 0.868. The van der Waals surface area contributed by atoms with Gasteiger partial charge in [-0.3, -0.25) is 9.59 Å². The molecule has 1 atom stereocenters. The zero-order valence-corrected chi connectivity index (χ0v) is 16.5. The third kappa shape index (κ3) is 4.55. The molecule has 1 unspecified atom stereocenters. The molecule has 0 saturated carbocycles. The Morgan fingerprint density at radius 1 is 0.893 bits per heavy atom. The monoisotopic (exact) mass is 386 g/mol. The molecule has 0 radical (unpaired) electrons. The van der Waals surface area contributed by atoms with Crippen LogP contribution in [0.15, 0.2) is 24.3 Å². The normalized spacial score (nSPS) is 23.8. The van der Waals surface area contributed by atoms with Crippen LogP contribution in [0.3, 0.4) is 0 Å². The van der Waals surface area contributed by atoms with Crippen LogP contribution in [0, 0.1) is 5.92 Å². The lowest BCUT2D eigenvalue weighted by atomic mass is 9.89. The molecule has 0 aromatic heterocycles. The Balaban J connectivity index is 1.26. The summed E-state index contributed by atoms with van der Waals surface area (Å²) in [5, 5.41) is 0. The molecule has 1 aromatic rings. The third-order valence-corrected chi connectivity index (χ3v) is 6.15. The van der Waals surface area contributed by atoms with Crippen LogP contribution in [0.2, 0.25) is 0 Å². The highest BCUT2D eigenvalue weighted by molar-refractivity contribution is 5.94. The lowest BCUT2D eigenvalue weighted by molar-refractivity contribution is -0.142. The molecule has 3 heterocycles. The quantitative estimate of drug-likeness (QED) is 0.795. The molecule has 4 rings (SSSR count). The van der Waals surface area contributed by atoms with Gasteiger partial charge >= 0.3 is 0 Å². The largest absolute Gasteiger partial charge is 0.378 e. The molecule has 6 heteroatoms. The van der Waals surface area contributed by atoms with Crippen LogP contribution in [-0.4, -0.2) is 73.7 Å². The Morgan fingerprint density at radius 3 is 2.25 bits per heavy atom. The predicted molar refractivity (Wildman–Crippen MR) is 105 cm³/mol. The van der Waals surface area contributed by atoms with Crippen LogP contribution < -0.4 is 0 Å². The molecule has 3 fully saturated rings. The first-order chi connectivity index (χ1) is 13.7. The second kappa shape index (κ2) is 9.05. The lowest BCUT2D eigenvalue weighted by Crippen LogP contribution is -2.44. The van der Waals surface area contributed by atoms with E-state index in [0.29, 0.717) is 32.2 Å². The Hall–Kier alpha value is -1.92. The highest BCUT2D eigenvalue weighted by Crippen LogP contribution is 2.24. The van der Waals surface area contributed by atoms with Crippen molar-refractivity contribution in [2.24, 2.45) is 5.92 Å². The molecule has 0 bridgehead atoms. The van der Waals surface area contributed by atoms with Crippen LogP contribution in [0.5, 0.6) is 0 Å². The van der Waals surface area contributed by atoms with Gasteiger partial charge in [-0.1, -0.05) is 12.1 Å². The third-order valence-electron chi connectivity index (χ3n) is 6.15. The van der Waals surface area contributed by atoms with E-state index in [9.17, 15) is 9.59 Å². The maximum atomic E-state index is 12.5. The molecular weight excluding hydrogens is 356 g/mol. The van der Waals surface area contributed by atoms with Crippen molar-refractivity contribution in [2.45, 2.75) is 38.2 Å².